The molecule has 1 aromatic carbocycles. The first-order valence-electron chi connectivity index (χ1n) is 6.91. The van der Waals surface area contributed by atoms with Gasteiger partial charge in [0.1, 0.15) is 0 Å². The van der Waals surface area contributed by atoms with Gasteiger partial charge in [-0.25, -0.2) is 0 Å². The number of methoxy groups -OCH3 is 1. The van der Waals surface area contributed by atoms with Gasteiger partial charge in [0, 0.05) is 22.8 Å². The molecule has 1 unspecified atom stereocenters. The maximum atomic E-state index is 12.0. The molecule has 0 saturated heterocycles. The minimum absolute atomic E-state index is 0.0189. The number of benzene rings is 1. The molecule has 1 aromatic heterocycles. The lowest BCUT2D eigenvalue weighted by molar-refractivity contribution is -0.116. The molecule has 3 rings (SSSR count). The summed E-state index contributed by atoms with van der Waals surface area (Å²) in [5.41, 5.74) is 1.92. The zero-order valence-electron chi connectivity index (χ0n) is 12.0. The third-order valence-electron chi connectivity index (χ3n) is 3.57. The van der Waals surface area contributed by atoms with E-state index in [2.05, 4.69) is 5.32 Å². The lowest BCUT2D eigenvalue weighted by Crippen LogP contribution is -2.22. The topological polar surface area (TPSA) is 47.6 Å². The van der Waals surface area contributed by atoms with Crippen LogP contribution in [0, 0.1) is 0 Å². The van der Waals surface area contributed by atoms with Gasteiger partial charge < -0.3 is 14.8 Å². The minimum Gasteiger partial charge on any atom is -0.493 e. The van der Waals surface area contributed by atoms with Crippen molar-refractivity contribution >= 4 is 22.9 Å². The maximum Gasteiger partial charge on any atom is 0.225 e. The van der Waals surface area contributed by atoms with Crippen molar-refractivity contribution in [3.63, 3.8) is 0 Å². The van der Waals surface area contributed by atoms with Gasteiger partial charge in [-0.2, -0.15) is 0 Å². The van der Waals surface area contributed by atoms with Crippen LogP contribution in [-0.4, -0.2) is 19.6 Å². The molecule has 0 spiro atoms. The van der Waals surface area contributed by atoms with Gasteiger partial charge >= 0.3 is 0 Å². The van der Waals surface area contributed by atoms with Crippen LogP contribution in [0.25, 0.3) is 0 Å². The van der Waals surface area contributed by atoms with Gasteiger partial charge in [-0.3, -0.25) is 4.79 Å². The molecule has 0 saturated carbocycles. The number of para-hydroxylation sites is 1. The van der Waals surface area contributed by atoms with Crippen LogP contribution < -0.4 is 14.8 Å². The number of rotatable bonds is 4. The van der Waals surface area contributed by atoms with Crippen LogP contribution in [0.15, 0.2) is 29.6 Å². The van der Waals surface area contributed by atoms with E-state index in [1.165, 1.54) is 4.88 Å². The predicted octanol–water partition coefficient (Wildman–Crippen LogP) is 3.63. The largest absolute Gasteiger partial charge is 0.493 e. The number of hydrogen-bond acceptors (Lipinski definition) is 4. The van der Waals surface area contributed by atoms with Crippen molar-refractivity contribution in [1.82, 2.24) is 0 Å². The average molecular weight is 303 g/mol. The third-order valence-corrected chi connectivity index (χ3v) is 4.60. The summed E-state index contributed by atoms with van der Waals surface area (Å²) >= 11 is 1.66. The number of ether oxygens (including phenoxy) is 2. The number of anilines is 1. The number of hydrogen-bond donors (Lipinski definition) is 1. The number of nitrogens with one attached hydrogen (secondary N) is 1. The Morgan fingerprint density at radius 3 is 3.00 bits per heavy atom. The monoisotopic (exact) mass is 303 g/mol. The normalized spacial score (nSPS) is 17.0. The molecule has 21 heavy (non-hydrogen) atoms. The predicted molar refractivity (Wildman–Crippen MR) is 83.6 cm³/mol. The molecule has 2 heterocycles. The zero-order valence-corrected chi connectivity index (χ0v) is 12.8. The molecule has 5 heteroatoms. The summed E-state index contributed by atoms with van der Waals surface area (Å²) in [5.74, 6) is 1.50. The summed E-state index contributed by atoms with van der Waals surface area (Å²) in [7, 11) is 1.63. The summed E-state index contributed by atoms with van der Waals surface area (Å²) in [6, 6.07) is 7.79. The molecule has 1 aliphatic heterocycles. The van der Waals surface area contributed by atoms with Gasteiger partial charge in [-0.05, 0) is 24.4 Å². The van der Waals surface area contributed by atoms with Crippen molar-refractivity contribution in [2.45, 2.75) is 19.3 Å². The van der Waals surface area contributed by atoms with E-state index in [1.807, 2.05) is 36.6 Å². The van der Waals surface area contributed by atoms with E-state index in [1.54, 1.807) is 18.4 Å². The van der Waals surface area contributed by atoms with Crippen molar-refractivity contribution in [3.8, 4) is 11.5 Å². The molecule has 0 aliphatic carbocycles. The molecule has 1 N–H and O–H groups in total. The number of carbonyl (C=O) groups excluding carboxylic acids is 1. The third kappa shape index (κ3) is 2.49. The van der Waals surface area contributed by atoms with Crippen LogP contribution in [0.5, 0.6) is 11.5 Å². The highest BCUT2D eigenvalue weighted by Gasteiger charge is 2.30. The Labute approximate surface area is 127 Å². The first-order valence-corrected chi connectivity index (χ1v) is 7.79. The van der Waals surface area contributed by atoms with Crippen LogP contribution in [0.2, 0.25) is 0 Å². The van der Waals surface area contributed by atoms with Crippen molar-refractivity contribution in [1.29, 1.82) is 0 Å². The highest BCUT2D eigenvalue weighted by atomic mass is 32.1. The minimum atomic E-state index is 0.0189. The smallest absolute Gasteiger partial charge is 0.225 e. The van der Waals surface area contributed by atoms with Crippen molar-refractivity contribution < 1.29 is 14.3 Å². The number of amides is 1. The summed E-state index contributed by atoms with van der Waals surface area (Å²) in [6.45, 7) is 2.50. The fourth-order valence-corrected chi connectivity index (χ4v) is 3.66. The van der Waals surface area contributed by atoms with E-state index >= 15 is 0 Å². The second kappa shape index (κ2) is 5.77. The van der Waals surface area contributed by atoms with Gasteiger partial charge in [-0.15, -0.1) is 11.3 Å². The summed E-state index contributed by atoms with van der Waals surface area (Å²) in [5, 5.41) is 4.92. The fourth-order valence-electron chi connectivity index (χ4n) is 2.69. The Morgan fingerprint density at radius 1 is 1.38 bits per heavy atom. The molecule has 1 amide bonds. The Morgan fingerprint density at radius 2 is 2.24 bits per heavy atom. The summed E-state index contributed by atoms with van der Waals surface area (Å²) < 4.78 is 11.2. The Balaban J connectivity index is 2.11. The molecular formula is C16H17NO3S. The second-order valence-corrected chi connectivity index (χ2v) is 5.76. The van der Waals surface area contributed by atoms with E-state index in [0.29, 0.717) is 18.8 Å². The molecule has 1 atom stereocenters. The molecule has 0 fully saturated rings. The average Bonchev–Trinajstić information content (AvgIpc) is 2.95. The Hall–Kier alpha value is -2.01. The lowest BCUT2D eigenvalue weighted by atomic mass is 9.90. The molecule has 0 radical (unpaired) electrons. The van der Waals surface area contributed by atoms with E-state index < -0.39 is 0 Å². The van der Waals surface area contributed by atoms with Crippen LogP contribution in [0.1, 0.15) is 29.7 Å². The van der Waals surface area contributed by atoms with Crippen LogP contribution in [0.3, 0.4) is 0 Å². The van der Waals surface area contributed by atoms with Gasteiger partial charge in [0.05, 0.1) is 19.4 Å². The van der Waals surface area contributed by atoms with Gasteiger partial charge in [-0.1, -0.05) is 12.1 Å². The Bertz CT molecular complexity index is 665. The number of carbonyl (C=O) groups is 1. The highest BCUT2D eigenvalue weighted by Crippen LogP contribution is 2.45. The molecule has 0 bridgehead atoms. The second-order valence-electron chi connectivity index (χ2n) is 4.82. The standard InChI is InChI=1S/C16H17NO3S/c1-3-20-15-10(5-4-6-13(15)19-2)11-9-14(18)17-12-7-8-21-16(11)12/h4-8,11H,3,9H2,1-2H3,(H,17,18). The molecule has 2 aromatic rings. The molecule has 4 nitrogen and oxygen atoms in total. The first kappa shape index (κ1) is 13.9. The fraction of sp³-hybridized carbons (Fsp3) is 0.312. The van der Waals surface area contributed by atoms with Gasteiger partial charge in [0.2, 0.25) is 5.91 Å². The van der Waals surface area contributed by atoms with E-state index in [0.717, 1.165) is 17.0 Å². The highest BCUT2D eigenvalue weighted by molar-refractivity contribution is 7.10. The summed E-state index contributed by atoms with van der Waals surface area (Å²) in [4.78, 5) is 13.1. The number of fused-ring (bicyclic) bond motifs is 1. The lowest BCUT2D eigenvalue weighted by Gasteiger charge is -2.25. The van der Waals surface area contributed by atoms with E-state index in [-0.39, 0.29) is 11.8 Å². The van der Waals surface area contributed by atoms with Gasteiger partial charge in [0.25, 0.3) is 0 Å². The first-order chi connectivity index (χ1) is 10.2. The molecule has 110 valence electrons. The molecular weight excluding hydrogens is 286 g/mol. The SMILES string of the molecule is CCOc1c(OC)cccc1C1CC(=O)Nc2ccsc21. The number of thiophene rings is 1. The van der Waals surface area contributed by atoms with Crippen LogP contribution in [-0.2, 0) is 4.79 Å². The quantitative estimate of drug-likeness (QED) is 0.938. The van der Waals surface area contributed by atoms with Crippen molar-refractivity contribution in [2.24, 2.45) is 0 Å². The van der Waals surface area contributed by atoms with Crippen molar-refractivity contribution in [2.75, 3.05) is 19.0 Å². The molecule has 1 aliphatic rings. The van der Waals surface area contributed by atoms with Crippen LogP contribution >= 0.6 is 11.3 Å². The van der Waals surface area contributed by atoms with E-state index in [4.69, 9.17) is 9.47 Å². The zero-order chi connectivity index (χ0) is 14.8. The maximum absolute atomic E-state index is 12.0. The van der Waals surface area contributed by atoms with E-state index in [9.17, 15) is 4.79 Å². The van der Waals surface area contributed by atoms with Gasteiger partial charge in [0.15, 0.2) is 11.5 Å². The van der Waals surface area contributed by atoms with Crippen molar-refractivity contribution in [3.05, 3.63) is 40.1 Å². The Kier molecular flexibility index (Phi) is 3.84. The summed E-state index contributed by atoms with van der Waals surface area (Å²) in [6.07, 6.45) is 0.431. The van der Waals surface area contributed by atoms with Crippen LogP contribution in [0.4, 0.5) is 5.69 Å².